The quantitative estimate of drug-likeness (QED) is 0.764. The minimum Gasteiger partial charge on any atom is -0.298 e. The van der Waals surface area contributed by atoms with Gasteiger partial charge in [-0.15, -0.1) is 0 Å². The van der Waals surface area contributed by atoms with Gasteiger partial charge in [-0.05, 0) is 52.7 Å². The Morgan fingerprint density at radius 2 is 0.909 bits per heavy atom. The van der Waals surface area contributed by atoms with Gasteiger partial charge in [-0.2, -0.15) is 0 Å². The first-order valence-electron chi connectivity index (χ1n) is 7.85. The zero-order valence-corrected chi connectivity index (χ0v) is 14.5. The zero-order chi connectivity index (χ0) is 16.5. The van der Waals surface area contributed by atoms with Crippen LogP contribution < -0.4 is 0 Å². The summed E-state index contributed by atoms with van der Waals surface area (Å²) in [4.78, 5) is 13.3. The van der Waals surface area contributed by atoms with Crippen molar-refractivity contribution in [3.8, 4) is 0 Å². The van der Waals surface area contributed by atoms with Crippen molar-refractivity contribution in [1.29, 1.82) is 0 Å². The summed E-state index contributed by atoms with van der Waals surface area (Å²) < 4.78 is 0. The van der Waals surface area contributed by atoms with E-state index in [-0.39, 0.29) is 5.78 Å². The van der Waals surface area contributed by atoms with Crippen LogP contribution in [0.4, 0.5) is 0 Å². The van der Waals surface area contributed by atoms with E-state index in [1.54, 1.807) is 0 Å². The molecule has 0 aromatic heterocycles. The molecule has 0 aliphatic heterocycles. The minimum atomic E-state index is -0.512. The van der Waals surface area contributed by atoms with Crippen molar-refractivity contribution in [3.63, 3.8) is 0 Å². The Hall–Kier alpha value is -1.89. The third kappa shape index (κ3) is 2.99. The second-order valence-corrected chi connectivity index (χ2v) is 7.31. The van der Waals surface area contributed by atoms with Gasteiger partial charge in [0.15, 0.2) is 5.78 Å². The Labute approximate surface area is 134 Å². The molecule has 0 spiro atoms. The first kappa shape index (κ1) is 16.5. The van der Waals surface area contributed by atoms with Gasteiger partial charge in [0, 0.05) is 10.8 Å². The number of carbonyl (C=O) groups is 1. The smallest absolute Gasteiger partial charge is 0.152 e. The molecule has 0 aliphatic rings. The minimum absolute atomic E-state index is 0.243. The summed E-state index contributed by atoms with van der Waals surface area (Å²) in [5, 5.41) is 0. The highest BCUT2D eigenvalue weighted by atomic mass is 16.1. The van der Waals surface area contributed by atoms with Crippen molar-refractivity contribution >= 4 is 5.78 Å². The van der Waals surface area contributed by atoms with Crippen LogP contribution in [-0.4, -0.2) is 5.78 Å². The largest absolute Gasteiger partial charge is 0.298 e. The zero-order valence-electron chi connectivity index (χ0n) is 14.5. The van der Waals surface area contributed by atoms with E-state index in [1.165, 1.54) is 11.1 Å². The maximum atomic E-state index is 13.3. The summed E-state index contributed by atoms with van der Waals surface area (Å²) in [6.07, 6.45) is 0. The highest BCUT2D eigenvalue weighted by Gasteiger charge is 2.41. The van der Waals surface area contributed by atoms with Gasteiger partial charge in [0.25, 0.3) is 0 Å². The molecule has 2 aromatic rings. The van der Waals surface area contributed by atoms with Gasteiger partial charge >= 0.3 is 0 Å². The summed E-state index contributed by atoms with van der Waals surface area (Å²) in [7, 11) is 0. The topological polar surface area (TPSA) is 17.1 Å². The third-order valence-electron chi connectivity index (χ3n) is 4.68. The highest BCUT2D eigenvalue weighted by molar-refractivity contribution is 5.97. The van der Waals surface area contributed by atoms with E-state index in [4.69, 9.17) is 0 Å². The fourth-order valence-corrected chi connectivity index (χ4v) is 2.98. The van der Waals surface area contributed by atoms with Crippen LogP contribution in [0.1, 0.15) is 49.9 Å². The van der Waals surface area contributed by atoms with Gasteiger partial charge < -0.3 is 0 Å². The number of aryl methyl sites for hydroxylation is 2. The number of Topliss-reactive ketones (excluding diaryl/α,β-unsaturated/α-hetero) is 1. The molecule has 2 rings (SSSR count). The van der Waals surface area contributed by atoms with Crippen LogP contribution in [0, 0.1) is 13.8 Å². The molecule has 0 saturated carbocycles. The standard InChI is InChI=1S/C21H26O/c1-15-7-11-17(12-8-15)20(3,4)19(22)21(5,6)18-13-9-16(2)10-14-18/h7-14H,1-6H3. The summed E-state index contributed by atoms with van der Waals surface area (Å²) in [5.74, 6) is 0.243. The van der Waals surface area contributed by atoms with Crippen LogP contribution in [0.15, 0.2) is 48.5 Å². The van der Waals surface area contributed by atoms with Gasteiger partial charge in [0.05, 0.1) is 0 Å². The molecule has 2 aromatic carbocycles. The molecule has 0 N–H and O–H groups in total. The molecule has 0 unspecified atom stereocenters. The fourth-order valence-electron chi connectivity index (χ4n) is 2.98. The molecule has 22 heavy (non-hydrogen) atoms. The van der Waals surface area contributed by atoms with Crippen LogP contribution in [-0.2, 0) is 15.6 Å². The van der Waals surface area contributed by atoms with Crippen molar-refractivity contribution < 1.29 is 4.79 Å². The van der Waals surface area contributed by atoms with Crippen LogP contribution in [0.2, 0.25) is 0 Å². The van der Waals surface area contributed by atoms with Crippen molar-refractivity contribution in [2.75, 3.05) is 0 Å². The van der Waals surface area contributed by atoms with Gasteiger partial charge in [-0.1, -0.05) is 59.7 Å². The molecule has 0 radical (unpaired) electrons. The average Bonchev–Trinajstić information content (AvgIpc) is 2.47. The van der Waals surface area contributed by atoms with Gasteiger partial charge in [0.2, 0.25) is 0 Å². The van der Waals surface area contributed by atoms with E-state index in [9.17, 15) is 4.79 Å². The van der Waals surface area contributed by atoms with E-state index < -0.39 is 10.8 Å². The molecule has 0 fully saturated rings. The number of benzene rings is 2. The normalized spacial score (nSPS) is 12.3. The average molecular weight is 294 g/mol. The molecule has 0 bridgehead atoms. The Bertz CT molecular complexity index is 599. The molecule has 1 nitrogen and oxygen atoms in total. The summed E-state index contributed by atoms with van der Waals surface area (Å²) in [6, 6.07) is 16.6. The maximum absolute atomic E-state index is 13.3. The summed E-state index contributed by atoms with van der Waals surface area (Å²) in [5.41, 5.74) is 3.55. The number of ketones is 1. The first-order chi connectivity index (χ1) is 10.2. The van der Waals surface area contributed by atoms with E-state index in [2.05, 4.69) is 62.4 Å². The molecule has 0 atom stereocenters. The number of hydrogen-bond acceptors (Lipinski definition) is 1. The molecule has 0 heterocycles. The Kier molecular flexibility index (Phi) is 4.28. The van der Waals surface area contributed by atoms with Gasteiger partial charge in [0.1, 0.15) is 0 Å². The van der Waals surface area contributed by atoms with Crippen LogP contribution >= 0.6 is 0 Å². The predicted molar refractivity (Wildman–Crippen MR) is 93.4 cm³/mol. The molecule has 116 valence electrons. The van der Waals surface area contributed by atoms with Crippen molar-refractivity contribution in [3.05, 3.63) is 70.8 Å². The van der Waals surface area contributed by atoms with Crippen LogP contribution in [0.5, 0.6) is 0 Å². The maximum Gasteiger partial charge on any atom is 0.152 e. The molecule has 0 amide bonds. The van der Waals surface area contributed by atoms with Crippen LogP contribution in [0.25, 0.3) is 0 Å². The van der Waals surface area contributed by atoms with E-state index >= 15 is 0 Å². The monoisotopic (exact) mass is 294 g/mol. The van der Waals surface area contributed by atoms with Crippen LogP contribution in [0.3, 0.4) is 0 Å². The van der Waals surface area contributed by atoms with Crippen molar-refractivity contribution in [1.82, 2.24) is 0 Å². The van der Waals surface area contributed by atoms with Gasteiger partial charge in [-0.25, -0.2) is 0 Å². The predicted octanol–water partition coefficient (Wildman–Crippen LogP) is 5.13. The SMILES string of the molecule is Cc1ccc(C(C)(C)C(=O)C(C)(C)c2ccc(C)cc2)cc1. The van der Waals surface area contributed by atoms with Gasteiger partial charge in [-0.3, -0.25) is 4.79 Å². The van der Waals surface area contributed by atoms with E-state index in [1.807, 2.05) is 27.7 Å². The van der Waals surface area contributed by atoms with E-state index in [0.29, 0.717) is 0 Å². The summed E-state index contributed by atoms with van der Waals surface area (Å²) in [6.45, 7) is 12.2. The number of hydrogen-bond donors (Lipinski definition) is 0. The second kappa shape index (κ2) is 5.72. The second-order valence-electron chi connectivity index (χ2n) is 7.31. The lowest BCUT2D eigenvalue weighted by Gasteiger charge is -2.34. The Morgan fingerprint density at radius 1 is 0.636 bits per heavy atom. The first-order valence-corrected chi connectivity index (χ1v) is 7.85. The Balaban J connectivity index is 2.39. The molecule has 1 heteroatoms. The number of carbonyl (C=O) groups excluding carboxylic acids is 1. The molecule has 0 saturated heterocycles. The number of rotatable bonds is 4. The lowest BCUT2D eigenvalue weighted by molar-refractivity contribution is -0.128. The molecular formula is C21H26O. The third-order valence-corrected chi connectivity index (χ3v) is 4.68. The fraction of sp³-hybridized carbons (Fsp3) is 0.381. The highest BCUT2D eigenvalue weighted by Crippen LogP contribution is 2.35. The lowest BCUT2D eigenvalue weighted by Crippen LogP contribution is -2.42. The lowest BCUT2D eigenvalue weighted by atomic mass is 9.67. The summed E-state index contributed by atoms with van der Waals surface area (Å²) >= 11 is 0. The van der Waals surface area contributed by atoms with E-state index in [0.717, 1.165) is 11.1 Å². The Morgan fingerprint density at radius 3 is 1.18 bits per heavy atom. The molecular weight excluding hydrogens is 268 g/mol. The molecule has 0 aliphatic carbocycles. The van der Waals surface area contributed by atoms with Crippen molar-refractivity contribution in [2.45, 2.75) is 52.4 Å². The van der Waals surface area contributed by atoms with Crippen molar-refractivity contribution in [2.24, 2.45) is 0 Å².